The van der Waals surface area contributed by atoms with Gasteiger partial charge in [-0.3, -0.25) is 4.79 Å². The van der Waals surface area contributed by atoms with Gasteiger partial charge in [0.05, 0.1) is 6.54 Å². The minimum absolute atomic E-state index is 0.195. The molecule has 1 aliphatic rings. The number of hydrogen-bond acceptors (Lipinski definition) is 4. The van der Waals surface area contributed by atoms with Gasteiger partial charge < -0.3 is 15.2 Å². The number of nitrogens with zero attached hydrogens (tertiary/aromatic N) is 3. The maximum atomic E-state index is 11.3. The molecule has 1 aromatic heterocycles. The molecule has 6 nitrogen and oxygen atoms in total. The Labute approximate surface area is 94.4 Å². The average molecular weight is 223 g/mol. The molecule has 1 fully saturated rings. The Kier molecular flexibility index (Phi) is 3.51. The number of nitrogens with one attached hydrogen (secondary N) is 2. The van der Waals surface area contributed by atoms with Gasteiger partial charge in [0.25, 0.3) is 0 Å². The first-order valence-electron chi connectivity index (χ1n) is 5.58. The van der Waals surface area contributed by atoms with Crippen molar-refractivity contribution in [3.8, 4) is 0 Å². The van der Waals surface area contributed by atoms with Gasteiger partial charge >= 0.3 is 0 Å². The first kappa shape index (κ1) is 11.1. The lowest BCUT2D eigenvalue weighted by Crippen LogP contribution is -2.32. The van der Waals surface area contributed by atoms with Crippen molar-refractivity contribution in [1.82, 2.24) is 25.4 Å². The van der Waals surface area contributed by atoms with E-state index in [1.165, 1.54) is 0 Å². The molecule has 0 aliphatic heterocycles. The summed E-state index contributed by atoms with van der Waals surface area (Å²) in [5.74, 6) is 1.38. The summed E-state index contributed by atoms with van der Waals surface area (Å²) in [4.78, 5) is 11.3. The highest BCUT2D eigenvalue weighted by molar-refractivity contribution is 5.80. The van der Waals surface area contributed by atoms with Gasteiger partial charge in [0.2, 0.25) is 5.91 Å². The average Bonchev–Trinajstić information content (AvgIpc) is 3.04. The largest absolute Gasteiger partial charge is 0.355 e. The summed E-state index contributed by atoms with van der Waals surface area (Å²) in [5, 5.41) is 13.8. The summed E-state index contributed by atoms with van der Waals surface area (Å²) >= 11 is 0. The van der Waals surface area contributed by atoms with Crippen LogP contribution in [-0.2, 0) is 18.4 Å². The van der Waals surface area contributed by atoms with Gasteiger partial charge in [0.1, 0.15) is 12.2 Å². The minimum atomic E-state index is 0.195. The van der Waals surface area contributed by atoms with Crippen LogP contribution < -0.4 is 10.6 Å². The molecule has 1 amide bonds. The number of carbonyl (C=O) groups is 1. The van der Waals surface area contributed by atoms with E-state index in [-0.39, 0.29) is 5.91 Å². The molecule has 1 saturated carbocycles. The van der Waals surface area contributed by atoms with Crippen molar-refractivity contribution in [3.63, 3.8) is 0 Å². The van der Waals surface area contributed by atoms with Crippen molar-refractivity contribution in [1.29, 1.82) is 0 Å². The van der Waals surface area contributed by atoms with Gasteiger partial charge in [-0.1, -0.05) is 0 Å². The predicted octanol–water partition coefficient (Wildman–Crippen LogP) is -0.569. The molecule has 0 radical (unpaired) electrons. The van der Waals surface area contributed by atoms with Crippen molar-refractivity contribution in [3.05, 3.63) is 12.2 Å². The van der Waals surface area contributed by atoms with Crippen LogP contribution in [0.2, 0.25) is 0 Å². The normalized spacial score (nSPS) is 15.1. The predicted molar refractivity (Wildman–Crippen MR) is 58.4 cm³/mol. The van der Waals surface area contributed by atoms with E-state index in [2.05, 4.69) is 20.8 Å². The molecular weight excluding hydrogens is 206 g/mol. The number of aromatic nitrogens is 3. The Morgan fingerprint density at radius 2 is 2.38 bits per heavy atom. The molecule has 1 aliphatic carbocycles. The second kappa shape index (κ2) is 5.07. The molecular formula is C10H17N5O. The highest BCUT2D eigenvalue weighted by atomic mass is 16.2. The molecule has 0 bridgehead atoms. The molecule has 1 aromatic rings. The summed E-state index contributed by atoms with van der Waals surface area (Å²) in [6, 6.07) is 0. The Hall–Kier alpha value is -1.43. The molecule has 0 aromatic carbocycles. The zero-order valence-corrected chi connectivity index (χ0v) is 9.44. The van der Waals surface area contributed by atoms with Crippen LogP contribution in [0.5, 0.6) is 0 Å². The molecule has 0 saturated heterocycles. The van der Waals surface area contributed by atoms with Crippen molar-refractivity contribution in [2.24, 2.45) is 13.0 Å². The highest BCUT2D eigenvalue weighted by Crippen LogP contribution is 2.28. The van der Waals surface area contributed by atoms with Gasteiger partial charge in [0, 0.05) is 26.1 Å². The topological polar surface area (TPSA) is 71.8 Å². The third kappa shape index (κ3) is 3.03. The van der Waals surface area contributed by atoms with E-state index in [1.807, 2.05) is 11.6 Å². The zero-order valence-electron chi connectivity index (χ0n) is 9.44. The van der Waals surface area contributed by atoms with Gasteiger partial charge in [-0.25, -0.2) is 0 Å². The smallest absolute Gasteiger partial charge is 0.223 e. The Morgan fingerprint density at radius 1 is 1.56 bits per heavy atom. The SMILES string of the molecule is Cn1cnnc1CNCCNC(=O)C1CC1. The molecule has 0 unspecified atom stereocenters. The molecule has 88 valence electrons. The number of amides is 1. The van der Waals surface area contributed by atoms with E-state index in [4.69, 9.17) is 0 Å². The van der Waals surface area contributed by atoms with Crippen LogP contribution in [0.15, 0.2) is 6.33 Å². The maximum Gasteiger partial charge on any atom is 0.223 e. The lowest BCUT2D eigenvalue weighted by atomic mass is 10.4. The van der Waals surface area contributed by atoms with Crippen LogP contribution in [0.3, 0.4) is 0 Å². The fraction of sp³-hybridized carbons (Fsp3) is 0.700. The van der Waals surface area contributed by atoms with Crippen LogP contribution in [0.4, 0.5) is 0 Å². The van der Waals surface area contributed by atoms with E-state index in [0.717, 1.165) is 25.2 Å². The van der Waals surface area contributed by atoms with Gasteiger partial charge in [-0.2, -0.15) is 0 Å². The van der Waals surface area contributed by atoms with Gasteiger partial charge in [-0.05, 0) is 12.8 Å². The van der Waals surface area contributed by atoms with E-state index in [0.29, 0.717) is 19.0 Å². The van der Waals surface area contributed by atoms with E-state index in [1.54, 1.807) is 6.33 Å². The van der Waals surface area contributed by atoms with Crippen LogP contribution >= 0.6 is 0 Å². The molecule has 2 N–H and O–H groups in total. The first-order valence-corrected chi connectivity index (χ1v) is 5.58. The quantitative estimate of drug-likeness (QED) is 0.634. The summed E-state index contributed by atoms with van der Waals surface area (Å²) in [6.45, 7) is 2.11. The fourth-order valence-electron chi connectivity index (χ4n) is 1.43. The molecule has 2 rings (SSSR count). The number of rotatable bonds is 6. The van der Waals surface area contributed by atoms with Crippen molar-refractivity contribution in [2.75, 3.05) is 13.1 Å². The monoisotopic (exact) mass is 223 g/mol. The molecule has 1 heterocycles. The van der Waals surface area contributed by atoms with Crippen LogP contribution in [0.25, 0.3) is 0 Å². The first-order chi connectivity index (χ1) is 7.77. The molecule has 6 heteroatoms. The second-order valence-corrected chi connectivity index (χ2v) is 4.10. The summed E-state index contributed by atoms with van der Waals surface area (Å²) in [6.07, 6.45) is 3.78. The van der Waals surface area contributed by atoms with Crippen molar-refractivity contribution in [2.45, 2.75) is 19.4 Å². The zero-order chi connectivity index (χ0) is 11.4. The maximum absolute atomic E-state index is 11.3. The molecule has 0 spiro atoms. The van der Waals surface area contributed by atoms with Gasteiger partial charge in [0.15, 0.2) is 0 Å². The van der Waals surface area contributed by atoms with Crippen molar-refractivity contribution < 1.29 is 4.79 Å². The number of carbonyl (C=O) groups excluding carboxylic acids is 1. The van der Waals surface area contributed by atoms with Crippen LogP contribution in [-0.4, -0.2) is 33.8 Å². The lowest BCUT2D eigenvalue weighted by molar-refractivity contribution is -0.122. The minimum Gasteiger partial charge on any atom is -0.355 e. The Balaban J connectivity index is 1.55. The number of aryl methyl sites for hydroxylation is 1. The second-order valence-electron chi connectivity index (χ2n) is 4.10. The summed E-state index contributed by atoms with van der Waals surface area (Å²) in [5.41, 5.74) is 0. The highest BCUT2D eigenvalue weighted by Gasteiger charge is 2.28. The Bertz CT molecular complexity index is 358. The van der Waals surface area contributed by atoms with Crippen LogP contribution in [0, 0.1) is 5.92 Å². The lowest BCUT2D eigenvalue weighted by Gasteiger charge is -2.05. The van der Waals surface area contributed by atoms with E-state index in [9.17, 15) is 4.79 Å². The van der Waals surface area contributed by atoms with E-state index < -0.39 is 0 Å². The van der Waals surface area contributed by atoms with Crippen molar-refractivity contribution >= 4 is 5.91 Å². The third-order valence-corrected chi connectivity index (χ3v) is 2.64. The Morgan fingerprint density at radius 3 is 3.00 bits per heavy atom. The third-order valence-electron chi connectivity index (χ3n) is 2.64. The van der Waals surface area contributed by atoms with Crippen LogP contribution in [0.1, 0.15) is 18.7 Å². The summed E-state index contributed by atoms with van der Waals surface area (Å²) in [7, 11) is 1.91. The standard InChI is InChI=1S/C10H17N5O/c1-15-7-13-14-9(15)6-11-4-5-12-10(16)8-2-3-8/h7-8,11H,2-6H2,1H3,(H,12,16). The number of hydrogen-bond donors (Lipinski definition) is 2. The van der Waals surface area contributed by atoms with Gasteiger partial charge in [-0.15, -0.1) is 10.2 Å². The summed E-state index contributed by atoms with van der Waals surface area (Å²) < 4.78 is 1.87. The fourth-order valence-corrected chi connectivity index (χ4v) is 1.43. The molecule has 0 atom stereocenters. The molecule has 16 heavy (non-hydrogen) atoms. The van der Waals surface area contributed by atoms with E-state index >= 15 is 0 Å².